The molecule has 0 aliphatic rings. The summed E-state index contributed by atoms with van der Waals surface area (Å²) in [4.78, 5) is 18.9. The van der Waals surface area contributed by atoms with E-state index in [0.29, 0.717) is 42.0 Å². The van der Waals surface area contributed by atoms with Crippen LogP contribution >= 0.6 is 0 Å². The molecule has 9 heteroatoms. The second kappa shape index (κ2) is 8.75. The number of ether oxygens (including phenoxy) is 1. The summed E-state index contributed by atoms with van der Waals surface area (Å²) in [5.41, 5.74) is 2.36. The van der Waals surface area contributed by atoms with Crippen molar-refractivity contribution in [3.63, 3.8) is 0 Å². The second-order valence-corrected chi connectivity index (χ2v) is 6.30. The van der Waals surface area contributed by atoms with Crippen molar-refractivity contribution < 1.29 is 14.6 Å². The van der Waals surface area contributed by atoms with Crippen molar-refractivity contribution in [3.05, 3.63) is 64.6 Å². The zero-order chi connectivity index (χ0) is 20.8. The van der Waals surface area contributed by atoms with Gasteiger partial charge in [0.05, 0.1) is 12.1 Å². The largest absolute Gasteiger partial charge is 0.492 e. The number of hydrogen-bond donors (Lipinski definition) is 4. The molecule has 0 spiro atoms. The summed E-state index contributed by atoms with van der Waals surface area (Å²) in [6.45, 7) is 11.9. The molecule has 4 N–H and O–H groups in total. The van der Waals surface area contributed by atoms with Crippen molar-refractivity contribution in [1.29, 1.82) is 0 Å². The van der Waals surface area contributed by atoms with Crippen LogP contribution in [0.4, 0.5) is 23.1 Å². The summed E-state index contributed by atoms with van der Waals surface area (Å²) in [6.07, 6.45) is 0. The molecule has 29 heavy (non-hydrogen) atoms. The summed E-state index contributed by atoms with van der Waals surface area (Å²) >= 11 is 0. The molecule has 2 heterocycles. The van der Waals surface area contributed by atoms with Gasteiger partial charge < -0.3 is 20.5 Å². The maximum atomic E-state index is 10.9. The van der Waals surface area contributed by atoms with Crippen molar-refractivity contribution >= 4 is 29.1 Å². The topological polar surface area (TPSA) is 117 Å². The number of carboxylic acid groups (broad SMARTS) is 1. The van der Waals surface area contributed by atoms with Crippen molar-refractivity contribution in [2.75, 3.05) is 23.8 Å². The van der Waals surface area contributed by atoms with E-state index in [0.717, 1.165) is 11.3 Å². The van der Waals surface area contributed by atoms with Gasteiger partial charge in [0, 0.05) is 18.3 Å². The summed E-state index contributed by atoms with van der Waals surface area (Å²) < 4.78 is 5.60. The number of carboxylic acids is 1. The highest BCUT2D eigenvalue weighted by molar-refractivity contribution is 5.87. The van der Waals surface area contributed by atoms with Crippen LogP contribution < -0.4 is 15.4 Å². The summed E-state index contributed by atoms with van der Waals surface area (Å²) in [7, 11) is 0. The Balaban J connectivity index is 1.63. The fourth-order valence-electron chi connectivity index (χ4n) is 2.64. The lowest BCUT2D eigenvalue weighted by Crippen LogP contribution is -2.13. The van der Waals surface area contributed by atoms with E-state index in [1.54, 1.807) is 18.2 Å². The predicted molar refractivity (Wildman–Crippen MR) is 109 cm³/mol. The molecule has 9 nitrogen and oxygen atoms in total. The Morgan fingerprint density at radius 3 is 2.62 bits per heavy atom. The fourth-order valence-corrected chi connectivity index (χ4v) is 2.64. The number of nitrogens with zero attached hydrogens (tertiary/aromatic N) is 3. The Morgan fingerprint density at radius 2 is 2.00 bits per heavy atom. The molecule has 148 valence electrons. The lowest BCUT2D eigenvalue weighted by atomic mass is 10.2. The quantitative estimate of drug-likeness (QED) is 0.339. The van der Waals surface area contributed by atoms with Crippen molar-refractivity contribution in [2.45, 2.75) is 13.8 Å². The number of aromatic amines is 1. The van der Waals surface area contributed by atoms with E-state index in [9.17, 15) is 4.79 Å². The van der Waals surface area contributed by atoms with Crippen LogP contribution in [0.2, 0.25) is 0 Å². The molecule has 3 aromatic rings. The third kappa shape index (κ3) is 5.01. The molecule has 3 rings (SSSR count). The minimum Gasteiger partial charge on any atom is -0.492 e. The molecule has 0 bridgehead atoms. The van der Waals surface area contributed by atoms with Crippen LogP contribution in [0.5, 0.6) is 5.75 Å². The van der Waals surface area contributed by atoms with Gasteiger partial charge in [-0.1, -0.05) is 0 Å². The molecule has 0 saturated carbocycles. The van der Waals surface area contributed by atoms with Crippen LogP contribution in [-0.2, 0) is 0 Å². The first-order chi connectivity index (χ1) is 14.0. The van der Waals surface area contributed by atoms with Crippen molar-refractivity contribution in [2.24, 2.45) is 0 Å². The highest BCUT2D eigenvalue weighted by Crippen LogP contribution is 2.30. The minimum absolute atomic E-state index is 0.202. The van der Waals surface area contributed by atoms with Gasteiger partial charge in [-0.25, -0.2) is 14.6 Å². The van der Waals surface area contributed by atoms with Gasteiger partial charge in [-0.3, -0.25) is 5.10 Å². The van der Waals surface area contributed by atoms with Gasteiger partial charge in [0.1, 0.15) is 24.0 Å². The first-order valence-corrected chi connectivity index (χ1v) is 8.84. The van der Waals surface area contributed by atoms with Crippen LogP contribution in [0.25, 0.3) is 4.85 Å². The number of aryl methyl sites for hydroxylation is 2. The number of H-pyrrole nitrogens is 1. The normalized spacial score (nSPS) is 10.2. The number of hydrogen-bond acceptors (Lipinski definition) is 6. The third-order valence-electron chi connectivity index (χ3n) is 4.02. The average Bonchev–Trinajstić information content (AvgIpc) is 3.10. The van der Waals surface area contributed by atoms with E-state index in [4.69, 9.17) is 16.4 Å². The number of benzene rings is 1. The summed E-state index contributed by atoms with van der Waals surface area (Å²) in [5, 5.41) is 22.1. The van der Waals surface area contributed by atoms with Crippen molar-refractivity contribution in [3.8, 4) is 5.75 Å². The molecule has 0 radical (unpaired) electrons. The second-order valence-electron chi connectivity index (χ2n) is 6.30. The number of aromatic carboxylic acids is 1. The smallest absolute Gasteiger partial charge is 0.335 e. The van der Waals surface area contributed by atoms with E-state index in [2.05, 4.69) is 30.7 Å². The van der Waals surface area contributed by atoms with Gasteiger partial charge in [-0.15, -0.1) is 0 Å². The zero-order valence-corrected chi connectivity index (χ0v) is 16.0. The Morgan fingerprint density at radius 1 is 1.24 bits per heavy atom. The number of carbonyl (C=O) groups is 1. The third-order valence-corrected chi connectivity index (χ3v) is 4.02. The Kier molecular flexibility index (Phi) is 5.94. The molecule has 0 aliphatic heterocycles. The van der Waals surface area contributed by atoms with E-state index in [1.165, 1.54) is 12.1 Å². The minimum atomic E-state index is -0.982. The van der Waals surface area contributed by atoms with Crippen molar-refractivity contribution in [1.82, 2.24) is 15.2 Å². The first kappa shape index (κ1) is 19.7. The maximum absolute atomic E-state index is 10.9. The summed E-state index contributed by atoms with van der Waals surface area (Å²) in [5.74, 6) is 1.26. The lowest BCUT2D eigenvalue weighted by molar-refractivity contribution is 0.0697. The van der Waals surface area contributed by atoms with Crippen LogP contribution in [0, 0.1) is 20.4 Å². The molecule has 0 aliphatic carbocycles. The summed E-state index contributed by atoms with van der Waals surface area (Å²) in [6, 6.07) is 9.83. The molecule has 0 atom stereocenters. The van der Waals surface area contributed by atoms with Gasteiger partial charge in [0.25, 0.3) is 0 Å². The highest BCUT2D eigenvalue weighted by Gasteiger charge is 2.11. The Labute approximate surface area is 167 Å². The molecule has 0 unspecified atom stereocenters. The monoisotopic (exact) mass is 392 g/mol. The lowest BCUT2D eigenvalue weighted by Gasteiger charge is -2.13. The van der Waals surface area contributed by atoms with Gasteiger partial charge >= 0.3 is 5.97 Å². The van der Waals surface area contributed by atoms with Crippen LogP contribution in [0.3, 0.4) is 0 Å². The van der Waals surface area contributed by atoms with Crippen LogP contribution in [0.1, 0.15) is 21.6 Å². The van der Waals surface area contributed by atoms with E-state index < -0.39 is 5.97 Å². The Hall–Kier alpha value is -4.06. The number of rotatable bonds is 8. The molecule has 0 fully saturated rings. The number of anilines is 3. The molecule has 0 amide bonds. The van der Waals surface area contributed by atoms with E-state index in [1.807, 2.05) is 19.9 Å². The molecular weight excluding hydrogens is 372 g/mol. The molecule has 0 saturated heterocycles. The number of pyridine rings is 1. The molecular formula is C20H20N6O3. The van der Waals surface area contributed by atoms with Gasteiger partial charge in [0.15, 0.2) is 5.82 Å². The average molecular weight is 392 g/mol. The number of aromatic nitrogens is 3. The highest BCUT2D eigenvalue weighted by atomic mass is 16.5. The molecule has 1 aromatic carbocycles. The standard InChI is InChI=1S/C20H20N6O3/c1-12-10-16(23-17-11-13(2)25-26-17)24-19(18(12)21-3)22-8-9-29-15-6-4-14(5-7-15)20(27)28/h4-7,10-11H,8-9H2,1-2H3,(H,27,28)(H3,22,23,24,25,26). The van der Waals surface area contributed by atoms with Gasteiger partial charge in [-0.05, 0) is 49.7 Å². The van der Waals surface area contributed by atoms with E-state index >= 15 is 0 Å². The maximum Gasteiger partial charge on any atom is 0.335 e. The van der Waals surface area contributed by atoms with Gasteiger partial charge in [-0.2, -0.15) is 5.10 Å². The molecule has 2 aromatic heterocycles. The van der Waals surface area contributed by atoms with E-state index in [-0.39, 0.29) is 5.56 Å². The first-order valence-electron chi connectivity index (χ1n) is 8.84. The Bertz CT molecular complexity index is 1050. The van der Waals surface area contributed by atoms with Crippen LogP contribution in [-0.4, -0.2) is 39.4 Å². The van der Waals surface area contributed by atoms with Gasteiger partial charge in [0.2, 0.25) is 5.69 Å². The zero-order valence-electron chi connectivity index (χ0n) is 16.0. The predicted octanol–water partition coefficient (Wildman–Crippen LogP) is 3.91. The fraction of sp³-hybridized carbons (Fsp3) is 0.200. The number of nitrogens with one attached hydrogen (secondary N) is 3. The SMILES string of the molecule is [C-]#[N+]c1c(C)cc(Nc2cc(C)[nH]n2)nc1NCCOc1ccc(C(=O)O)cc1. The van der Waals surface area contributed by atoms with Crippen LogP contribution in [0.15, 0.2) is 36.4 Å².